The summed E-state index contributed by atoms with van der Waals surface area (Å²) in [4.78, 5) is 10.9. The Balaban J connectivity index is 1.38. The molecule has 5 heterocycles. The second-order valence-corrected chi connectivity index (χ2v) is 12.9. The van der Waals surface area contributed by atoms with Crippen LogP contribution in [0.1, 0.15) is 0 Å². The number of benzene rings is 7. The molecule has 0 unspecified atom stereocenters. The fourth-order valence-electron chi connectivity index (χ4n) is 8.44. The molecule has 12 rings (SSSR count). The van der Waals surface area contributed by atoms with Gasteiger partial charge >= 0.3 is 0 Å². The maximum absolute atomic E-state index is 6.51. The largest absolute Gasteiger partial charge is 0.452 e. The molecule has 0 radical (unpaired) electrons. The molecule has 0 saturated heterocycles. The molecule has 0 spiro atoms. The number of aromatic nitrogens is 4. The fourth-order valence-corrected chi connectivity index (χ4v) is 8.44. The van der Waals surface area contributed by atoms with E-state index in [4.69, 9.17) is 14.4 Å². The third-order valence-electron chi connectivity index (χ3n) is 10.4. The molecule has 0 saturated carbocycles. The number of hydrogen-bond acceptors (Lipinski definition) is 3. The predicted octanol–water partition coefficient (Wildman–Crippen LogP) is 11.4. The van der Waals surface area contributed by atoms with Gasteiger partial charge in [-0.15, -0.1) is 0 Å². The molecule has 0 atom stereocenters. The average Bonchev–Trinajstić information content (AvgIpc) is 3.90. The number of rotatable bonds is 2. The van der Waals surface area contributed by atoms with Gasteiger partial charge in [0.2, 0.25) is 5.95 Å². The lowest BCUT2D eigenvalue weighted by Crippen LogP contribution is -2.03. The number of furan rings is 1. The van der Waals surface area contributed by atoms with E-state index in [1.807, 2.05) is 36.4 Å². The van der Waals surface area contributed by atoms with Gasteiger partial charge in [0.05, 0.1) is 27.6 Å². The van der Waals surface area contributed by atoms with Crippen molar-refractivity contribution < 1.29 is 4.42 Å². The summed E-state index contributed by atoms with van der Waals surface area (Å²) in [5.41, 5.74) is 9.90. The monoisotopic (exact) mass is 624 g/mol. The lowest BCUT2D eigenvalue weighted by atomic mass is 10.0. The lowest BCUT2D eigenvalue weighted by Gasteiger charge is -2.11. The van der Waals surface area contributed by atoms with Gasteiger partial charge in [0.25, 0.3) is 0 Å². The van der Waals surface area contributed by atoms with Gasteiger partial charge in [0.15, 0.2) is 5.58 Å². The molecular weight excluding hydrogens is 601 g/mol. The first-order chi connectivity index (χ1) is 24.3. The molecule has 226 valence electrons. The van der Waals surface area contributed by atoms with E-state index >= 15 is 0 Å². The Morgan fingerprint density at radius 3 is 2.00 bits per heavy atom. The number of hydrogen-bond donors (Lipinski definition) is 0. The molecule has 12 aromatic rings. The zero-order valence-corrected chi connectivity index (χ0v) is 26.1. The fraction of sp³-hybridized carbons (Fsp3) is 0. The van der Waals surface area contributed by atoms with Crippen molar-refractivity contribution in [3.8, 4) is 17.2 Å². The van der Waals surface area contributed by atoms with Crippen LogP contribution in [-0.2, 0) is 0 Å². The Hall–Kier alpha value is -6.72. The highest BCUT2D eigenvalue weighted by atomic mass is 16.3. The van der Waals surface area contributed by atoms with Gasteiger partial charge in [-0.05, 0) is 35.7 Å². The molecule has 0 fully saturated rings. The lowest BCUT2D eigenvalue weighted by molar-refractivity contribution is 0.666. The Morgan fingerprint density at radius 2 is 1.14 bits per heavy atom. The summed E-state index contributed by atoms with van der Waals surface area (Å²) in [6, 6.07) is 51.6. The molecule has 7 aromatic carbocycles. The van der Waals surface area contributed by atoms with E-state index in [1.165, 1.54) is 54.3 Å². The van der Waals surface area contributed by atoms with Gasteiger partial charge in [0, 0.05) is 48.7 Å². The Labute approximate surface area is 278 Å². The average molecular weight is 625 g/mol. The zero-order valence-electron chi connectivity index (χ0n) is 26.1. The van der Waals surface area contributed by atoms with E-state index in [-0.39, 0.29) is 0 Å². The molecule has 0 bridgehead atoms. The molecule has 0 amide bonds. The Bertz CT molecular complexity index is 3330. The molecule has 5 nitrogen and oxygen atoms in total. The van der Waals surface area contributed by atoms with Gasteiger partial charge in [-0.2, -0.15) is 0 Å². The van der Waals surface area contributed by atoms with Gasteiger partial charge in [-0.3, -0.25) is 4.57 Å². The van der Waals surface area contributed by atoms with Crippen molar-refractivity contribution in [1.29, 1.82) is 0 Å². The zero-order chi connectivity index (χ0) is 31.8. The molecule has 5 heteroatoms. The molecule has 0 aliphatic rings. The van der Waals surface area contributed by atoms with Crippen LogP contribution in [-0.4, -0.2) is 18.9 Å². The summed E-state index contributed by atoms with van der Waals surface area (Å²) in [7, 11) is 0. The third kappa shape index (κ3) is 3.15. The predicted molar refractivity (Wildman–Crippen MR) is 201 cm³/mol. The second-order valence-electron chi connectivity index (χ2n) is 12.9. The highest BCUT2D eigenvalue weighted by Gasteiger charge is 2.27. The molecule has 49 heavy (non-hydrogen) atoms. The van der Waals surface area contributed by atoms with E-state index in [1.54, 1.807) is 0 Å². The minimum Gasteiger partial charge on any atom is -0.452 e. The minimum atomic E-state index is 0.622. The standard InChI is InChI=1S/C44H24N4O/c1-2-13-26(14-3-1)38-43-39(31-18-8-11-21-36(31)49-43)46-44(45-38)48-40-27-15-5-4-12-25(27)22-23-29(40)33-24-32-28-16-6-9-19-34(28)47-35-20-10-7-17-30(35)37(41(32)47)42(33)48/h1-24H. The van der Waals surface area contributed by atoms with Crippen LogP contribution in [0, 0.1) is 0 Å². The van der Waals surface area contributed by atoms with E-state index in [2.05, 4.69) is 118 Å². The van der Waals surface area contributed by atoms with Crippen LogP contribution in [0.4, 0.5) is 0 Å². The SMILES string of the molecule is c1ccc(-c2nc(-n3c4c5ccccc5ccc4c4cc5c6ccccc6n6c7ccccc7c(c43)c56)nc3c2oc2ccccc23)cc1. The van der Waals surface area contributed by atoms with Crippen molar-refractivity contribution in [1.82, 2.24) is 18.9 Å². The summed E-state index contributed by atoms with van der Waals surface area (Å²) in [6.07, 6.45) is 0. The van der Waals surface area contributed by atoms with Crippen molar-refractivity contribution >= 4 is 92.7 Å². The second kappa shape index (κ2) is 9.00. The van der Waals surface area contributed by atoms with Gasteiger partial charge < -0.3 is 8.82 Å². The topological polar surface area (TPSA) is 48.3 Å². The van der Waals surface area contributed by atoms with Crippen molar-refractivity contribution in [2.45, 2.75) is 0 Å². The Kier molecular flexibility index (Phi) is 4.66. The molecule has 0 N–H and O–H groups in total. The van der Waals surface area contributed by atoms with Crippen LogP contribution < -0.4 is 0 Å². The molecule has 0 aliphatic carbocycles. The first-order valence-corrected chi connectivity index (χ1v) is 16.6. The third-order valence-corrected chi connectivity index (χ3v) is 10.4. The van der Waals surface area contributed by atoms with Crippen molar-refractivity contribution in [3.05, 3.63) is 146 Å². The highest BCUT2D eigenvalue weighted by Crippen LogP contribution is 2.47. The van der Waals surface area contributed by atoms with Crippen LogP contribution in [0.2, 0.25) is 0 Å². The highest BCUT2D eigenvalue weighted by molar-refractivity contribution is 6.35. The van der Waals surface area contributed by atoms with Crippen molar-refractivity contribution in [3.63, 3.8) is 0 Å². The van der Waals surface area contributed by atoms with E-state index in [0.29, 0.717) is 11.5 Å². The van der Waals surface area contributed by atoms with Gasteiger partial charge in [-0.25, -0.2) is 9.97 Å². The first kappa shape index (κ1) is 25.4. The van der Waals surface area contributed by atoms with Gasteiger partial charge in [-0.1, -0.05) is 115 Å². The summed E-state index contributed by atoms with van der Waals surface area (Å²) >= 11 is 0. The van der Waals surface area contributed by atoms with Gasteiger partial charge in [0.1, 0.15) is 16.8 Å². The summed E-state index contributed by atoms with van der Waals surface area (Å²) in [5, 5.41) is 10.6. The first-order valence-electron chi connectivity index (χ1n) is 16.6. The Morgan fingerprint density at radius 1 is 0.469 bits per heavy atom. The minimum absolute atomic E-state index is 0.622. The maximum Gasteiger partial charge on any atom is 0.236 e. The number of para-hydroxylation sites is 3. The van der Waals surface area contributed by atoms with Crippen molar-refractivity contribution in [2.75, 3.05) is 0 Å². The van der Waals surface area contributed by atoms with Crippen molar-refractivity contribution in [2.24, 2.45) is 0 Å². The summed E-state index contributed by atoms with van der Waals surface area (Å²) in [5.74, 6) is 0.622. The van der Waals surface area contributed by atoms with E-state index < -0.39 is 0 Å². The number of nitrogens with zero attached hydrogens (tertiary/aromatic N) is 4. The van der Waals surface area contributed by atoms with Crippen LogP contribution in [0.3, 0.4) is 0 Å². The van der Waals surface area contributed by atoms with Crippen LogP contribution in [0.25, 0.3) is 110 Å². The van der Waals surface area contributed by atoms with Crippen LogP contribution in [0.15, 0.2) is 150 Å². The van der Waals surface area contributed by atoms with Crippen LogP contribution >= 0.6 is 0 Å². The van der Waals surface area contributed by atoms with E-state index in [9.17, 15) is 0 Å². The smallest absolute Gasteiger partial charge is 0.236 e. The molecule has 0 aliphatic heterocycles. The molecular formula is C44H24N4O. The van der Waals surface area contributed by atoms with Crippen LogP contribution in [0.5, 0.6) is 0 Å². The summed E-state index contributed by atoms with van der Waals surface area (Å²) < 4.78 is 11.3. The maximum atomic E-state index is 6.51. The normalized spacial score (nSPS) is 12.5. The summed E-state index contributed by atoms with van der Waals surface area (Å²) in [6.45, 7) is 0. The molecule has 5 aromatic heterocycles. The number of fused-ring (bicyclic) bond motifs is 15. The van der Waals surface area contributed by atoms with E-state index in [0.717, 1.165) is 44.2 Å². The quantitative estimate of drug-likeness (QED) is 0.192.